The second-order valence-electron chi connectivity index (χ2n) is 5.85. The highest BCUT2D eigenvalue weighted by molar-refractivity contribution is 7.97. The van der Waals surface area contributed by atoms with Gasteiger partial charge in [0.25, 0.3) is 0 Å². The van der Waals surface area contributed by atoms with Gasteiger partial charge in [0.1, 0.15) is 0 Å². The summed E-state index contributed by atoms with van der Waals surface area (Å²) in [5.41, 5.74) is -4.86. The Bertz CT molecular complexity index is 1000. The molecule has 3 aromatic carbocycles. The predicted molar refractivity (Wildman–Crippen MR) is 108 cm³/mol. The van der Waals surface area contributed by atoms with Crippen LogP contribution in [0.1, 0.15) is 10.4 Å². The van der Waals surface area contributed by atoms with Crippen molar-refractivity contribution in [2.45, 2.75) is 15.3 Å². The fraction of sp³-hybridized carbons (Fsp3) is 0.0952. The second kappa shape index (κ2) is 10.4. The SMILES string of the molecule is O=C(C[S+](c1ccccc1)c1ccccc1)c1ccccc1.O=S(=O)([O-])C(F)(F)F. The molecule has 30 heavy (non-hydrogen) atoms. The molecular weight excluding hydrogens is 437 g/mol. The van der Waals surface area contributed by atoms with E-state index in [-0.39, 0.29) is 16.7 Å². The van der Waals surface area contributed by atoms with Crippen molar-refractivity contribution in [3.05, 3.63) is 96.6 Å². The first-order valence-corrected chi connectivity index (χ1v) is 11.3. The van der Waals surface area contributed by atoms with Crippen molar-refractivity contribution in [2.75, 3.05) is 5.75 Å². The van der Waals surface area contributed by atoms with Crippen molar-refractivity contribution in [2.24, 2.45) is 0 Å². The van der Waals surface area contributed by atoms with Crippen LogP contribution in [0.2, 0.25) is 0 Å². The van der Waals surface area contributed by atoms with E-state index in [9.17, 15) is 18.0 Å². The molecule has 3 rings (SSSR count). The monoisotopic (exact) mass is 454 g/mol. The van der Waals surface area contributed by atoms with Crippen LogP contribution >= 0.6 is 0 Å². The molecule has 0 radical (unpaired) electrons. The third-order valence-electron chi connectivity index (χ3n) is 3.71. The third-order valence-corrected chi connectivity index (χ3v) is 6.51. The summed E-state index contributed by atoms with van der Waals surface area (Å²) in [6.07, 6.45) is 0. The van der Waals surface area contributed by atoms with E-state index in [1.54, 1.807) is 0 Å². The Morgan fingerprint density at radius 1 is 0.767 bits per heavy atom. The van der Waals surface area contributed by atoms with Gasteiger partial charge in [-0.25, -0.2) is 8.42 Å². The molecule has 0 aliphatic heterocycles. The second-order valence-corrected chi connectivity index (χ2v) is 9.23. The molecule has 0 atom stereocenters. The van der Waals surface area contributed by atoms with Gasteiger partial charge in [-0.05, 0) is 24.3 Å². The largest absolute Gasteiger partial charge is 0.741 e. The van der Waals surface area contributed by atoms with E-state index in [2.05, 4.69) is 24.3 Å². The van der Waals surface area contributed by atoms with E-state index >= 15 is 0 Å². The maximum atomic E-state index is 12.6. The first-order chi connectivity index (χ1) is 14.1. The normalized spacial score (nSPS) is 11.5. The maximum Gasteiger partial charge on any atom is 0.485 e. The van der Waals surface area contributed by atoms with Gasteiger partial charge >= 0.3 is 5.51 Å². The topological polar surface area (TPSA) is 74.3 Å². The van der Waals surface area contributed by atoms with Gasteiger partial charge in [-0.15, -0.1) is 0 Å². The molecule has 0 aliphatic carbocycles. The van der Waals surface area contributed by atoms with Crippen LogP contribution < -0.4 is 0 Å². The lowest BCUT2D eigenvalue weighted by Gasteiger charge is -2.08. The molecule has 9 heteroatoms. The van der Waals surface area contributed by atoms with Crippen LogP contribution in [0.25, 0.3) is 0 Å². The summed E-state index contributed by atoms with van der Waals surface area (Å²) in [4.78, 5) is 15.0. The molecule has 0 saturated carbocycles. The highest BCUT2D eigenvalue weighted by Crippen LogP contribution is 2.24. The van der Waals surface area contributed by atoms with Crippen molar-refractivity contribution in [1.29, 1.82) is 0 Å². The quantitative estimate of drug-likeness (QED) is 0.243. The number of carbonyl (C=O) groups excluding carboxylic acids is 1. The lowest BCUT2D eigenvalue weighted by atomic mass is 10.2. The van der Waals surface area contributed by atoms with E-state index in [0.717, 1.165) is 5.56 Å². The van der Waals surface area contributed by atoms with Gasteiger partial charge in [-0.2, -0.15) is 13.2 Å². The molecule has 0 aromatic heterocycles. The molecule has 158 valence electrons. The van der Waals surface area contributed by atoms with E-state index < -0.39 is 15.6 Å². The van der Waals surface area contributed by atoms with Crippen LogP contribution in [0.4, 0.5) is 13.2 Å². The summed E-state index contributed by atoms with van der Waals surface area (Å²) in [6, 6.07) is 30.1. The van der Waals surface area contributed by atoms with Gasteiger partial charge in [0.15, 0.2) is 25.7 Å². The van der Waals surface area contributed by atoms with Gasteiger partial charge in [0.2, 0.25) is 5.78 Å². The smallest absolute Gasteiger partial charge is 0.485 e. The van der Waals surface area contributed by atoms with Crippen molar-refractivity contribution in [1.82, 2.24) is 0 Å². The van der Waals surface area contributed by atoms with Crippen LogP contribution in [-0.2, 0) is 21.0 Å². The standard InChI is InChI=1S/C20H17OS.CHF3O3S/c21-20(17-10-4-1-5-11-17)16-22(18-12-6-2-7-13-18)19-14-8-3-9-15-19;2-1(3,4)8(5,6)7/h1-15H,16H2;(H,5,6,7)/q+1;/p-1. The summed E-state index contributed by atoms with van der Waals surface area (Å²) in [6.45, 7) is 0. The minimum Gasteiger partial charge on any atom is -0.741 e. The number of Topliss-reactive ketones (excluding diaryl/α,β-unsaturated/α-hetero) is 1. The van der Waals surface area contributed by atoms with Crippen LogP contribution in [0, 0.1) is 0 Å². The number of halogens is 3. The Morgan fingerprint density at radius 2 is 1.10 bits per heavy atom. The zero-order valence-electron chi connectivity index (χ0n) is 15.5. The van der Waals surface area contributed by atoms with Gasteiger partial charge in [-0.1, -0.05) is 66.7 Å². The average molecular weight is 454 g/mol. The summed E-state index contributed by atoms with van der Waals surface area (Å²) in [5, 5.41) is 0. The fourth-order valence-electron chi connectivity index (χ4n) is 2.31. The lowest BCUT2D eigenvalue weighted by molar-refractivity contribution is -0.0517. The van der Waals surface area contributed by atoms with Crippen LogP contribution in [0.15, 0.2) is 101 Å². The Kier molecular flexibility index (Phi) is 8.22. The molecule has 0 unspecified atom stereocenters. The molecular formula is C21H17F3O4S2. The van der Waals surface area contributed by atoms with Crippen LogP contribution in [-0.4, -0.2) is 30.0 Å². The first kappa shape index (κ1) is 23.7. The number of hydrogen-bond acceptors (Lipinski definition) is 4. The van der Waals surface area contributed by atoms with Gasteiger partial charge in [0, 0.05) is 5.56 Å². The van der Waals surface area contributed by atoms with Crippen LogP contribution in [0.5, 0.6) is 0 Å². The molecule has 0 aliphatic rings. The van der Waals surface area contributed by atoms with E-state index in [4.69, 9.17) is 13.0 Å². The Balaban J connectivity index is 0.000000343. The molecule has 4 nitrogen and oxygen atoms in total. The summed E-state index contributed by atoms with van der Waals surface area (Å²) in [5.74, 6) is 0.703. The van der Waals surface area contributed by atoms with E-state index in [1.165, 1.54) is 9.79 Å². The zero-order valence-corrected chi connectivity index (χ0v) is 17.1. The number of benzene rings is 3. The number of alkyl halides is 3. The molecule has 3 aromatic rings. The molecule has 0 spiro atoms. The van der Waals surface area contributed by atoms with E-state index in [1.807, 2.05) is 66.7 Å². The highest BCUT2D eigenvalue weighted by atomic mass is 32.2. The molecule has 0 amide bonds. The molecule has 0 bridgehead atoms. The minimum absolute atomic E-state index is 0.191. The number of carbonyl (C=O) groups is 1. The summed E-state index contributed by atoms with van der Waals surface area (Å²) in [7, 11) is -6.32. The van der Waals surface area contributed by atoms with Gasteiger partial charge in [-0.3, -0.25) is 4.79 Å². The third kappa shape index (κ3) is 7.01. The lowest BCUT2D eigenvalue weighted by Crippen LogP contribution is -2.21. The Morgan fingerprint density at radius 3 is 1.43 bits per heavy atom. The van der Waals surface area contributed by atoms with Crippen molar-refractivity contribution >= 4 is 26.8 Å². The molecule has 0 fully saturated rings. The van der Waals surface area contributed by atoms with Gasteiger partial charge < -0.3 is 4.55 Å². The van der Waals surface area contributed by atoms with Gasteiger partial charge in [0.05, 0.1) is 10.9 Å². The van der Waals surface area contributed by atoms with Crippen molar-refractivity contribution in [3.8, 4) is 0 Å². The average Bonchev–Trinajstić information content (AvgIpc) is 2.73. The minimum atomic E-state index is -6.09. The first-order valence-electron chi connectivity index (χ1n) is 8.51. The van der Waals surface area contributed by atoms with Crippen molar-refractivity contribution in [3.63, 3.8) is 0 Å². The Hall–Kier alpha value is -2.62. The Labute approximate surface area is 175 Å². The predicted octanol–water partition coefficient (Wildman–Crippen LogP) is 4.66. The maximum absolute atomic E-state index is 12.6. The molecule has 0 N–H and O–H groups in total. The number of hydrogen-bond donors (Lipinski definition) is 0. The zero-order chi connectivity index (χ0) is 22.2. The van der Waals surface area contributed by atoms with Crippen LogP contribution in [0.3, 0.4) is 0 Å². The number of ketones is 1. The highest BCUT2D eigenvalue weighted by Gasteiger charge is 2.37. The molecule has 0 saturated heterocycles. The fourth-order valence-corrected chi connectivity index (χ4v) is 4.32. The number of rotatable bonds is 5. The van der Waals surface area contributed by atoms with E-state index in [0.29, 0.717) is 5.75 Å². The molecule has 0 heterocycles. The summed E-state index contributed by atoms with van der Waals surface area (Å²) < 4.78 is 58.9. The summed E-state index contributed by atoms with van der Waals surface area (Å²) >= 11 is 0. The van der Waals surface area contributed by atoms with Crippen molar-refractivity contribution < 1.29 is 30.9 Å².